The normalized spacial score (nSPS) is 21.8. The second kappa shape index (κ2) is 16.0. The van der Waals surface area contributed by atoms with E-state index in [9.17, 15) is 9.90 Å². The molecule has 2 N–H and O–H groups in total. The van der Waals surface area contributed by atoms with Crippen molar-refractivity contribution >= 4 is 6.09 Å². The maximum Gasteiger partial charge on any atom is 0.407 e. The zero-order valence-corrected chi connectivity index (χ0v) is 26.3. The Labute approximate surface area is 267 Å². The standard InChI is InChI=1S/C38H46N2O5/c1-4-22-40(33-11-7-8-12-33)25-35-27(3)36(30-16-14-28(26-41)15-17-30)45-37(44-35)31-20-18-29(19-21-31)34-13-9-6-10-32(34)24-39-38(42)43-23-5-2/h4-6,9-10,13-21,27,33,35-37,41H,1-2,7-8,11-12,22-26H2,3H3,(H,39,42)/t27-,35+,36+,37+/m1/s1. The fraction of sp³-hybridized carbons (Fsp3) is 0.395. The number of nitrogens with one attached hydrogen (secondary N) is 1. The molecule has 0 bridgehead atoms. The zero-order chi connectivity index (χ0) is 31.6. The number of aliphatic hydroxyl groups is 1. The Bertz CT molecular complexity index is 1400. The minimum Gasteiger partial charge on any atom is -0.445 e. The number of benzene rings is 3. The van der Waals surface area contributed by atoms with Gasteiger partial charge >= 0.3 is 6.09 Å². The Morgan fingerprint density at radius 2 is 1.69 bits per heavy atom. The number of rotatable bonds is 13. The molecule has 3 aromatic carbocycles. The van der Waals surface area contributed by atoms with E-state index in [-0.39, 0.29) is 31.3 Å². The number of alkyl carbamates (subject to hydrolysis) is 1. The molecule has 1 amide bonds. The van der Waals surface area contributed by atoms with Gasteiger partial charge in [-0.3, -0.25) is 4.90 Å². The lowest BCUT2D eigenvalue weighted by Gasteiger charge is -2.43. The first-order valence-electron chi connectivity index (χ1n) is 16.1. The molecule has 5 rings (SSSR count). The molecular formula is C38H46N2O5. The van der Waals surface area contributed by atoms with Gasteiger partial charge in [0.2, 0.25) is 0 Å². The number of amides is 1. The van der Waals surface area contributed by atoms with Crippen molar-refractivity contribution in [3.63, 3.8) is 0 Å². The summed E-state index contributed by atoms with van der Waals surface area (Å²) in [5, 5.41) is 12.4. The molecule has 0 spiro atoms. The topological polar surface area (TPSA) is 80.3 Å². The molecule has 3 aromatic rings. The summed E-state index contributed by atoms with van der Waals surface area (Å²) in [6, 6.07) is 24.9. The van der Waals surface area contributed by atoms with Crippen molar-refractivity contribution in [1.82, 2.24) is 10.2 Å². The average molecular weight is 611 g/mol. The molecule has 45 heavy (non-hydrogen) atoms. The maximum absolute atomic E-state index is 12.0. The smallest absolute Gasteiger partial charge is 0.407 e. The number of hydrogen-bond donors (Lipinski definition) is 2. The predicted octanol–water partition coefficient (Wildman–Crippen LogP) is 7.48. The highest BCUT2D eigenvalue weighted by molar-refractivity contribution is 5.70. The van der Waals surface area contributed by atoms with Gasteiger partial charge in [-0.05, 0) is 40.7 Å². The molecule has 7 heteroatoms. The van der Waals surface area contributed by atoms with Gasteiger partial charge in [0, 0.05) is 37.2 Å². The van der Waals surface area contributed by atoms with E-state index in [0.717, 1.165) is 46.5 Å². The highest BCUT2D eigenvalue weighted by Crippen LogP contribution is 2.42. The Balaban J connectivity index is 1.37. The largest absolute Gasteiger partial charge is 0.445 e. The number of nitrogens with zero attached hydrogens (tertiary/aromatic N) is 1. The zero-order valence-electron chi connectivity index (χ0n) is 26.3. The third kappa shape index (κ3) is 8.30. The summed E-state index contributed by atoms with van der Waals surface area (Å²) in [7, 11) is 0. The van der Waals surface area contributed by atoms with Gasteiger partial charge in [0.05, 0.1) is 18.8 Å². The van der Waals surface area contributed by atoms with Crippen LogP contribution < -0.4 is 5.32 Å². The van der Waals surface area contributed by atoms with E-state index >= 15 is 0 Å². The number of aliphatic hydroxyl groups excluding tert-OH is 1. The van der Waals surface area contributed by atoms with Crippen molar-refractivity contribution in [1.29, 1.82) is 0 Å². The van der Waals surface area contributed by atoms with E-state index in [4.69, 9.17) is 14.2 Å². The summed E-state index contributed by atoms with van der Waals surface area (Å²) >= 11 is 0. The molecule has 0 aromatic heterocycles. The number of hydrogen-bond acceptors (Lipinski definition) is 6. The van der Waals surface area contributed by atoms with Gasteiger partial charge < -0.3 is 24.6 Å². The van der Waals surface area contributed by atoms with Crippen LogP contribution >= 0.6 is 0 Å². The minimum absolute atomic E-state index is 0.0125. The van der Waals surface area contributed by atoms with E-state index in [1.165, 1.54) is 25.7 Å². The first-order valence-corrected chi connectivity index (χ1v) is 16.1. The van der Waals surface area contributed by atoms with Crippen LogP contribution in [0, 0.1) is 5.92 Å². The van der Waals surface area contributed by atoms with E-state index in [0.29, 0.717) is 12.6 Å². The SMILES string of the molecule is C=CCOC(=O)NCc1ccccc1-c1ccc([C@H]2O[C@@H](CN(CC=C)C3CCCC3)[C@@H](C)[C@@H](c3ccc(CO)cc3)O2)cc1. The van der Waals surface area contributed by atoms with Crippen LogP contribution in [0.5, 0.6) is 0 Å². The summed E-state index contributed by atoms with van der Waals surface area (Å²) in [5.41, 5.74) is 5.96. The van der Waals surface area contributed by atoms with Gasteiger partial charge in [-0.1, -0.05) is 111 Å². The molecule has 7 nitrogen and oxygen atoms in total. The Morgan fingerprint density at radius 3 is 2.38 bits per heavy atom. The minimum atomic E-state index is -0.534. The molecule has 1 heterocycles. The Morgan fingerprint density at radius 1 is 0.978 bits per heavy atom. The molecule has 1 saturated heterocycles. The first kappa shape index (κ1) is 32.6. The predicted molar refractivity (Wildman–Crippen MR) is 177 cm³/mol. The first-order chi connectivity index (χ1) is 22.0. The van der Waals surface area contributed by atoms with Crippen LogP contribution in [-0.2, 0) is 27.4 Å². The maximum atomic E-state index is 12.0. The molecule has 2 fully saturated rings. The lowest BCUT2D eigenvalue weighted by molar-refractivity contribution is -0.276. The summed E-state index contributed by atoms with van der Waals surface area (Å²) < 4.78 is 18.6. The van der Waals surface area contributed by atoms with E-state index < -0.39 is 12.4 Å². The van der Waals surface area contributed by atoms with E-state index in [1.54, 1.807) is 6.08 Å². The van der Waals surface area contributed by atoms with Crippen LogP contribution in [0.4, 0.5) is 4.79 Å². The summed E-state index contributed by atoms with van der Waals surface area (Å²) in [6.07, 6.45) is 7.31. The van der Waals surface area contributed by atoms with Crippen molar-refractivity contribution in [3.8, 4) is 11.1 Å². The van der Waals surface area contributed by atoms with Gasteiger partial charge in [-0.25, -0.2) is 4.79 Å². The summed E-state index contributed by atoms with van der Waals surface area (Å²) in [4.78, 5) is 14.5. The van der Waals surface area contributed by atoms with Gasteiger partial charge in [-0.2, -0.15) is 0 Å². The molecule has 2 aliphatic rings. The highest BCUT2D eigenvalue weighted by atomic mass is 16.7. The molecule has 238 valence electrons. The third-order valence-corrected chi connectivity index (χ3v) is 9.01. The van der Waals surface area contributed by atoms with Crippen LogP contribution in [-0.4, -0.2) is 47.9 Å². The van der Waals surface area contributed by atoms with Crippen molar-refractivity contribution in [2.75, 3.05) is 19.7 Å². The lowest BCUT2D eigenvalue weighted by atomic mass is 9.89. The fourth-order valence-electron chi connectivity index (χ4n) is 6.50. The van der Waals surface area contributed by atoms with Crippen LogP contribution in [0.2, 0.25) is 0 Å². The molecule has 1 saturated carbocycles. The van der Waals surface area contributed by atoms with Crippen molar-refractivity contribution in [2.24, 2.45) is 5.92 Å². The van der Waals surface area contributed by atoms with Crippen molar-refractivity contribution < 1.29 is 24.1 Å². The molecule has 0 radical (unpaired) electrons. The molecule has 1 aliphatic heterocycles. The second-order valence-electron chi connectivity index (χ2n) is 12.0. The molecule has 4 atom stereocenters. The molecule has 0 unspecified atom stereocenters. The number of carbonyl (C=O) groups is 1. The van der Waals surface area contributed by atoms with Crippen LogP contribution in [0.25, 0.3) is 11.1 Å². The van der Waals surface area contributed by atoms with E-state index in [1.807, 2.05) is 36.4 Å². The third-order valence-electron chi connectivity index (χ3n) is 9.01. The van der Waals surface area contributed by atoms with Gasteiger partial charge in [0.15, 0.2) is 6.29 Å². The Hall–Kier alpha value is -3.75. The van der Waals surface area contributed by atoms with E-state index in [2.05, 4.69) is 72.8 Å². The fourth-order valence-corrected chi connectivity index (χ4v) is 6.50. The molecular weight excluding hydrogens is 564 g/mol. The number of ether oxygens (including phenoxy) is 3. The average Bonchev–Trinajstić information content (AvgIpc) is 3.62. The van der Waals surface area contributed by atoms with Crippen LogP contribution in [0.1, 0.15) is 67.3 Å². The summed E-state index contributed by atoms with van der Waals surface area (Å²) in [5.74, 6) is 0.117. The summed E-state index contributed by atoms with van der Waals surface area (Å²) in [6.45, 7) is 12.0. The number of carbonyl (C=O) groups excluding carboxylic acids is 1. The van der Waals surface area contributed by atoms with Crippen molar-refractivity contribution in [2.45, 2.75) is 70.3 Å². The lowest BCUT2D eigenvalue weighted by Crippen LogP contribution is -2.47. The molecule has 1 aliphatic carbocycles. The Kier molecular flexibility index (Phi) is 11.6. The van der Waals surface area contributed by atoms with Gasteiger partial charge in [0.1, 0.15) is 6.61 Å². The second-order valence-corrected chi connectivity index (χ2v) is 12.0. The quantitative estimate of drug-likeness (QED) is 0.195. The monoisotopic (exact) mass is 610 g/mol. The van der Waals surface area contributed by atoms with Crippen LogP contribution in [0.3, 0.4) is 0 Å². The van der Waals surface area contributed by atoms with Crippen LogP contribution in [0.15, 0.2) is 98.1 Å². The highest BCUT2D eigenvalue weighted by Gasteiger charge is 2.40. The van der Waals surface area contributed by atoms with Gasteiger partial charge in [-0.15, -0.1) is 6.58 Å². The van der Waals surface area contributed by atoms with Crippen molar-refractivity contribution in [3.05, 3.63) is 120 Å². The van der Waals surface area contributed by atoms with Gasteiger partial charge in [0.25, 0.3) is 0 Å².